The Morgan fingerprint density at radius 2 is 2.19 bits per heavy atom. The third-order valence-corrected chi connectivity index (χ3v) is 4.62. The second kappa shape index (κ2) is 8.36. The number of thioether (sulfide) groups is 1. The number of tetrazole rings is 1. The van der Waals surface area contributed by atoms with Gasteiger partial charge in [-0.3, -0.25) is 0 Å². The van der Waals surface area contributed by atoms with Crippen LogP contribution in [0.4, 0.5) is 0 Å². The molecule has 0 amide bonds. The van der Waals surface area contributed by atoms with Crippen molar-refractivity contribution in [3.63, 3.8) is 0 Å². The van der Waals surface area contributed by atoms with Gasteiger partial charge in [-0.25, -0.2) is 0 Å². The molecule has 1 unspecified atom stereocenters. The fourth-order valence-electron chi connectivity index (χ4n) is 1.92. The summed E-state index contributed by atoms with van der Waals surface area (Å²) in [5.74, 6) is 1.69. The number of aromatic nitrogens is 4. The molecule has 1 N–H and O–H groups in total. The van der Waals surface area contributed by atoms with Gasteiger partial charge in [-0.1, -0.05) is 30.7 Å². The number of halogens is 1. The standard InChI is InChI=1S/C14H20ClN5S/c1-3-8-16-11(9-14-17-19-20(2)18-14)10-21-13-7-5-4-6-12(13)15/h4-7,11,16H,3,8-10H2,1-2H3. The summed E-state index contributed by atoms with van der Waals surface area (Å²) < 4.78 is 0. The van der Waals surface area contributed by atoms with Crippen LogP contribution in [0.5, 0.6) is 0 Å². The molecule has 7 heteroatoms. The number of benzene rings is 1. The zero-order chi connectivity index (χ0) is 15.1. The fraction of sp³-hybridized carbons (Fsp3) is 0.500. The summed E-state index contributed by atoms with van der Waals surface area (Å²) in [7, 11) is 1.78. The molecule has 1 heterocycles. The number of hydrogen-bond donors (Lipinski definition) is 1. The van der Waals surface area contributed by atoms with Crippen LogP contribution in [-0.4, -0.2) is 38.5 Å². The lowest BCUT2D eigenvalue weighted by Gasteiger charge is -2.16. The van der Waals surface area contributed by atoms with Crippen LogP contribution in [0.3, 0.4) is 0 Å². The van der Waals surface area contributed by atoms with Gasteiger partial charge < -0.3 is 5.32 Å². The van der Waals surface area contributed by atoms with Crippen LogP contribution in [0.25, 0.3) is 0 Å². The highest BCUT2D eigenvalue weighted by atomic mass is 35.5. The number of hydrogen-bond acceptors (Lipinski definition) is 5. The summed E-state index contributed by atoms with van der Waals surface area (Å²) in [5.41, 5.74) is 0. The number of aryl methyl sites for hydroxylation is 1. The Bertz CT molecular complexity index is 560. The molecule has 0 aliphatic carbocycles. The van der Waals surface area contributed by atoms with Crippen LogP contribution in [0.2, 0.25) is 5.02 Å². The van der Waals surface area contributed by atoms with Crippen LogP contribution in [0, 0.1) is 0 Å². The largest absolute Gasteiger partial charge is 0.313 e. The first-order valence-corrected chi connectivity index (χ1v) is 8.39. The Balaban J connectivity index is 1.94. The van der Waals surface area contributed by atoms with Gasteiger partial charge in [-0.05, 0) is 30.3 Å². The minimum atomic E-state index is 0.301. The minimum Gasteiger partial charge on any atom is -0.313 e. The third-order valence-electron chi connectivity index (χ3n) is 2.94. The molecular formula is C14H20ClN5S. The van der Waals surface area contributed by atoms with E-state index in [-0.39, 0.29) is 0 Å². The molecule has 2 rings (SSSR count). The first kappa shape index (κ1) is 16.3. The first-order chi connectivity index (χ1) is 10.2. The highest BCUT2D eigenvalue weighted by molar-refractivity contribution is 7.99. The molecule has 0 aliphatic heterocycles. The van der Waals surface area contributed by atoms with Gasteiger partial charge >= 0.3 is 0 Å². The van der Waals surface area contributed by atoms with E-state index < -0.39 is 0 Å². The maximum absolute atomic E-state index is 6.20. The SMILES string of the molecule is CCCNC(CSc1ccccc1Cl)Cc1nnn(C)n1. The Morgan fingerprint density at radius 1 is 1.38 bits per heavy atom. The van der Waals surface area contributed by atoms with Gasteiger partial charge in [0.05, 0.1) is 12.1 Å². The average molecular weight is 326 g/mol. The summed E-state index contributed by atoms with van der Waals surface area (Å²) in [4.78, 5) is 2.60. The maximum atomic E-state index is 6.20. The van der Waals surface area contributed by atoms with E-state index >= 15 is 0 Å². The lowest BCUT2D eigenvalue weighted by atomic mass is 10.2. The topological polar surface area (TPSA) is 55.6 Å². The highest BCUT2D eigenvalue weighted by Gasteiger charge is 2.13. The molecule has 114 valence electrons. The van der Waals surface area contributed by atoms with Gasteiger partial charge in [0.2, 0.25) is 0 Å². The van der Waals surface area contributed by atoms with E-state index in [1.54, 1.807) is 18.8 Å². The average Bonchev–Trinajstić information content (AvgIpc) is 2.88. The van der Waals surface area contributed by atoms with Crippen molar-refractivity contribution in [2.75, 3.05) is 12.3 Å². The molecule has 0 aliphatic rings. The van der Waals surface area contributed by atoms with E-state index in [2.05, 4.69) is 27.7 Å². The van der Waals surface area contributed by atoms with Crippen molar-refractivity contribution in [3.05, 3.63) is 35.1 Å². The molecule has 1 atom stereocenters. The summed E-state index contributed by atoms with van der Waals surface area (Å²) in [6, 6.07) is 8.22. The molecule has 5 nitrogen and oxygen atoms in total. The predicted octanol–water partition coefficient (Wildman–Crippen LogP) is 2.57. The molecule has 1 aromatic carbocycles. The van der Waals surface area contributed by atoms with Crippen molar-refractivity contribution in [3.8, 4) is 0 Å². The molecule has 0 radical (unpaired) electrons. The maximum Gasteiger partial charge on any atom is 0.176 e. The molecule has 0 bridgehead atoms. The van der Waals surface area contributed by atoms with E-state index in [0.717, 1.165) is 40.9 Å². The van der Waals surface area contributed by atoms with E-state index in [4.69, 9.17) is 11.6 Å². The Kier molecular flexibility index (Phi) is 6.48. The molecule has 1 aromatic heterocycles. The Morgan fingerprint density at radius 3 is 2.86 bits per heavy atom. The fourth-order valence-corrected chi connectivity index (χ4v) is 3.21. The summed E-state index contributed by atoms with van der Waals surface area (Å²) in [6.45, 7) is 3.14. The third kappa shape index (κ3) is 5.30. The molecule has 0 saturated carbocycles. The second-order valence-electron chi connectivity index (χ2n) is 4.79. The van der Waals surface area contributed by atoms with Crippen LogP contribution in [-0.2, 0) is 13.5 Å². The quantitative estimate of drug-likeness (QED) is 0.756. The first-order valence-electron chi connectivity index (χ1n) is 7.02. The second-order valence-corrected chi connectivity index (χ2v) is 6.26. The normalized spacial score (nSPS) is 12.5. The lowest BCUT2D eigenvalue weighted by Crippen LogP contribution is -2.34. The molecule has 21 heavy (non-hydrogen) atoms. The molecule has 2 aromatic rings. The zero-order valence-electron chi connectivity index (χ0n) is 12.3. The van der Waals surface area contributed by atoms with Crippen molar-refractivity contribution >= 4 is 23.4 Å². The number of rotatable bonds is 8. The van der Waals surface area contributed by atoms with Gasteiger partial charge in [0.15, 0.2) is 5.82 Å². The lowest BCUT2D eigenvalue weighted by molar-refractivity contribution is 0.537. The van der Waals surface area contributed by atoms with Crippen LogP contribution < -0.4 is 5.32 Å². The van der Waals surface area contributed by atoms with Crippen molar-refractivity contribution in [1.82, 2.24) is 25.5 Å². The summed E-state index contributed by atoms with van der Waals surface area (Å²) >= 11 is 7.95. The number of nitrogens with one attached hydrogen (secondary N) is 1. The van der Waals surface area contributed by atoms with Crippen molar-refractivity contribution in [1.29, 1.82) is 0 Å². The van der Waals surface area contributed by atoms with Crippen molar-refractivity contribution in [2.24, 2.45) is 7.05 Å². The van der Waals surface area contributed by atoms with E-state index in [1.165, 1.54) is 4.80 Å². The van der Waals surface area contributed by atoms with Gasteiger partial charge in [0, 0.05) is 23.1 Å². The van der Waals surface area contributed by atoms with Crippen molar-refractivity contribution < 1.29 is 0 Å². The summed E-state index contributed by atoms with van der Waals surface area (Å²) in [6.07, 6.45) is 1.87. The monoisotopic (exact) mass is 325 g/mol. The van der Waals surface area contributed by atoms with Gasteiger partial charge in [-0.15, -0.1) is 22.0 Å². The molecular weight excluding hydrogens is 306 g/mol. The number of nitrogens with zero attached hydrogens (tertiary/aromatic N) is 4. The van der Waals surface area contributed by atoms with E-state index in [9.17, 15) is 0 Å². The van der Waals surface area contributed by atoms with E-state index in [1.807, 2.05) is 24.3 Å². The molecule has 0 spiro atoms. The highest BCUT2D eigenvalue weighted by Crippen LogP contribution is 2.27. The van der Waals surface area contributed by atoms with Crippen LogP contribution in [0.1, 0.15) is 19.2 Å². The van der Waals surface area contributed by atoms with E-state index in [0.29, 0.717) is 6.04 Å². The Labute approximate surface area is 134 Å². The summed E-state index contributed by atoms with van der Waals surface area (Å²) in [5, 5.41) is 16.5. The molecule has 0 fully saturated rings. The zero-order valence-corrected chi connectivity index (χ0v) is 13.9. The Hall–Kier alpha value is -1.11. The van der Waals surface area contributed by atoms with Gasteiger partial charge in [0.25, 0.3) is 0 Å². The predicted molar refractivity (Wildman–Crippen MR) is 86.8 cm³/mol. The molecule has 0 saturated heterocycles. The van der Waals surface area contributed by atoms with Crippen LogP contribution >= 0.6 is 23.4 Å². The van der Waals surface area contributed by atoms with Gasteiger partial charge in [-0.2, -0.15) is 4.80 Å². The van der Waals surface area contributed by atoms with Crippen molar-refractivity contribution in [2.45, 2.75) is 30.7 Å². The minimum absolute atomic E-state index is 0.301. The smallest absolute Gasteiger partial charge is 0.176 e. The van der Waals surface area contributed by atoms with Gasteiger partial charge in [0.1, 0.15) is 0 Å². The van der Waals surface area contributed by atoms with Crippen LogP contribution in [0.15, 0.2) is 29.2 Å².